The lowest BCUT2D eigenvalue weighted by Gasteiger charge is -2.08. The molecule has 0 aromatic heterocycles. The smallest absolute Gasteiger partial charge is 0.303 e. The van der Waals surface area contributed by atoms with Crippen LogP contribution < -0.4 is 5.32 Å². The Morgan fingerprint density at radius 2 is 1.69 bits per heavy atom. The third kappa shape index (κ3) is 6.00. The number of hydrogen-bond donors (Lipinski definition) is 2. The van der Waals surface area contributed by atoms with Crippen LogP contribution in [-0.2, 0) is 20.4 Å². The molecule has 0 aliphatic carbocycles. The average Bonchev–Trinajstić information content (AvgIpc) is 2.61. The molecule has 2 aromatic rings. The van der Waals surface area contributed by atoms with Crippen LogP contribution in [0, 0.1) is 0 Å². The molecule has 0 radical (unpaired) electrons. The van der Waals surface area contributed by atoms with Crippen molar-refractivity contribution in [2.45, 2.75) is 29.9 Å². The highest BCUT2D eigenvalue weighted by atomic mass is 32.2. The largest absolute Gasteiger partial charge is 0.481 e. The molecule has 0 atom stereocenters. The highest BCUT2D eigenvalue weighted by molar-refractivity contribution is 7.90. The van der Waals surface area contributed by atoms with E-state index in [9.17, 15) is 18.0 Å². The van der Waals surface area contributed by atoms with E-state index in [0.717, 1.165) is 0 Å². The van der Waals surface area contributed by atoms with Gasteiger partial charge in [0.15, 0.2) is 9.84 Å². The summed E-state index contributed by atoms with van der Waals surface area (Å²) >= 11 is 0. The number of rotatable bonds is 9. The SMILES string of the molecule is O=C(O)CCCCNC(=O)c1cccc(S(=O)(=O)Cc2ccccc2)c1. The Kier molecular flexibility index (Phi) is 6.91. The Bertz CT molecular complexity index is 863. The van der Waals surface area contributed by atoms with Crippen LogP contribution in [0.4, 0.5) is 0 Å². The number of nitrogens with one attached hydrogen (secondary N) is 1. The van der Waals surface area contributed by atoms with Gasteiger partial charge in [-0.1, -0.05) is 36.4 Å². The molecule has 138 valence electrons. The zero-order chi connectivity index (χ0) is 19.0. The fraction of sp³-hybridized carbons (Fsp3) is 0.263. The van der Waals surface area contributed by atoms with Crippen LogP contribution in [-0.4, -0.2) is 31.9 Å². The summed E-state index contributed by atoms with van der Waals surface area (Å²) in [5.41, 5.74) is 0.943. The molecule has 0 spiro atoms. The first-order valence-electron chi connectivity index (χ1n) is 8.25. The van der Waals surface area contributed by atoms with Gasteiger partial charge in [0.2, 0.25) is 0 Å². The minimum Gasteiger partial charge on any atom is -0.481 e. The summed E-state index contributed by atoms with van der Waals surface area (Å²) in [5.74, 6) is -1.38. The number of carboxylic acids is 1. The van der Waals surface area contributed by atoms with Crippen molar-refractivity contribution in [1.29, 1.82) is 0 Å². The van der Waals surface area contributed by atoms with Gasteiger partial charge in [-0.25, -0.2) is 8.42 Å². The van der Waals surface area contributed by atoms with Crippen LogP contribution in [0.2, 0.25) is 0 Å². The van der Waals surface area contributed by atoms with E-state index in [0.29, 0.717) is 24.9 Å². The molecule has 6 nitrogen and oxygen atoms in total. The van der Waals surface area contributed by atoms with Crippen molar-refractivity contribution in [2.75, 3.05) is 6.54 Å². The predicted octanol–water partition coefficient (Wildman–Crippen LogP) is 2.65. The van der Waals surface area contributed by atoms with Gasteiger partial charge >= 0.3 is 5.97 Å². The molecule has 0 saturated carbocycles. The fourth-order valence-corrected chi connectivity index (χ4v) is 3.80. The van der Waals surface area contributed by atoms with Crippen LogP contribution in [0.5, 0.6) is 0 Å². The maximum Gasteiger partial charge on any atom is 0.303 e. The molecular formula is C19H21NO5S. The Labute approximate surface area is 152 Å². The Hall–Kier alpha value is -2.67. The quantitative estimate of drug-likeness (QED) is 0.656. The lowest BCUT2D eigenvalue weighted by Crippen LogP contribution is -2.24. The number of carboxylic acid groups (broad SMARTS) is 1. The van der Waals surface area contributed by atoms with E-state index < -0.39 is 15.8 Å². The molecular weight excluding hydrogens is 354 g/mol. The minimum atomic E-state index is -3.55. The monoisotopic (exact) mass is 375 g/mol. The number of sulfone groups is 1. The van der Waals surface area contributed by atoms with Crippen molar-refractivity contribution in [3.05, 3.63) is 65.7 Å². The number of aliphatic carboxylic acids is 1. The van der Waals surface area contributed by atoms with Gasteiger partial charge in [-0.05, 0) is 36.6 Å². The molecule has 2 N–H and O–H groups in total. The molecule has 2 rings (SSSR count). The van der Waals surface area contributed by atoms with E-state index in [4.69, 9.17) is 5.11 Å². The van der Waals surface area contributed by atoms with Gasteiger partial charge in [0.05, 0.1) is 10.6 Å². The van der Waals surface area contributed by atoms with E-state index in [-0.39, 0.29) is 28.5 Å². The van der Waals surface area contributed by atoms with Gasteiger partial charge < -0.3 is 10.4 Å². The van der Waals surface area contributed by atoms with Crippen LogP contribution in [0.15, 0.2) is 59.5 Å². The number of carbonyl (C=O) groups excluding carboxylic acids is 1. The predicted molar refractivity (Wildman–Crippen MR) is 97.6 cm³/mol. The van der Waals surface area contributed by atoms with E-state index in [1.54, 1.807) is 30.3 Å². The molecule has 0 fully saturated rings. The van der Waals surface area contributed by atoms with Gasteiger partial charge in [-0.15, -0.1) is 0 Å². The average molecular weight is 375 g/mol. The van der Waals surface area contributed by atoms with Crippen molar-refractivity contribution in [3.63, 3.8) is 0 Å². The van der Waals surface area contributed by atoms with Crippen molar-refractivity contribution in [1.82, 2.24) is 5.32 Å². The molecule has 0 aliphatic heterocycles. The Morgan fingerprint density at radius 3 is 2.38 bits per heavy atom. The van der Waals surface area contributed by atoms with Crippen LogP contribution in [0.25, 0.3) is 0 Å². The molecule has 1 amide bonds. The van der Waals surface area contributed by atoms with E-state index in [1.807, 2.05) is 6.07 Å². The first kappa shape index (κ1) is 19.7. The third-order valence-corrected chi connectivity index (χ3v) is 5.44. The lowest BCUT2D eigenvalue weighted by atomic mass is 10.2. The Balaban J connectivity index is 2.00. The van der Waals surface area contributed by atoms with Crippen molar-refractivity contribution in [3.8, 4) is 0 Å². The number of benzene rings is 2. The van der Waals surface area contributed by atoms with Crippen LogP contribution in [0.1, 0.15) is 35.2 Å². The summed E-state index contributed by atoms with van der Waals surface area (Å²) in [7, 11) is -3.55. The third-order valence-electron chi connectivity index (χ3n) is 3.76. The van der Waals surface area contributed by atoms with Gasteiger partial charge in [-0.3, -0.25) is 9.59 Å². The van der Waals surface area contributed by atoms with Gasteiger partial charge in [0, 0.05) is 18.5 Å². The second-order valence-corrected chi connectivity index (χ2v) is 7.87. The summed E-state index contributed by atoms with van der Waals surface area (Å²) in [4.78, 5) is 22.7. The summed E-state index contributed by atoms with van der Waals surface area (Å²) < 4.78 is 25.1. The van der Waals surface area contributed by atoms with Crippen LogP contribution in [0.3, 0.4) is 0 Å². The number of unbranched alkanes of at least 4 members (excludes halogenated alkanes) is 1. The van der Waals surface area contributed by atoms with E-state index in [1.165, 1.54) is 18.2 Å². The van der Waals surface area contributed by atoms with E-state index >= 15 is 0 Å². The summed E-state index contributed by atoms with van der Waals surface area (Å²) in [6.45, 7) is 0.340. The molecule has 26 heavy (non-hydrogen) atoms. The second kappa shape index (κ2) is 9.15. The first-order chi connectivity index (χ1) is 12.4. The highest BCUT2D eigenvalue weighted by Crippen LogP contribution is 2.18. The normalized spacial score (nSPS) is 11.1. The standard InChI is InChI=1S/C19H21NO5S/c21-18(22)11-4-5-12-20-19(23)16-9-6-10-17(13-16)26(24,25)14-15-7-2-1-3-8-15/h1-3,6-10,13H,4-5,11-12,14H2,(H,20,23)(H,21,22). The zero-order valence-corrected chi connectivity index (χ0v) is 15.0. The number of hydrogen-bond acceptors (Lipinski definition) is 4. The number of amides is 1. The summed E-state index contributed by atoms with van der Waals surface area (Å²) in [5, 5.41) is 11.2. The van der Waals surface area contributed by atoms with Crippen molar-refractivity contribution in [2.24, 2.45) is 0 Å². The maximum atomic E-state index is 12.6. The zero-order valence-electron chi connectivity index (χ0n) is 14.2. The van der Waals surface area contributed by atoms with Crippen molar-refractivity contribution >= 4 is 21.7 Å². The molecule has 0 heterocycles. The first-order valence-corrected chi connectivity index (χ1v) is 9.90. The van der Waals surface area contributed by atoms with Gasteiger partial charge in [-0.2, -0.15) is 0 Å². The second-order valence-electron chi connectivity index (χ2n) is 5.88. The summed E-state index contributed by atoms with van der Waals surface area (Å²) in [6.07, 6.45) is 1.08. The Morgan fingerprint density at radius 1 is 0.962 bits per heavy atom. The molecule has 0 aliphatic rings. The van der Waals surface area contributed by atoms with Gasteiger partial charge in [0.25, 0.3) is 5.91 Å². The molecule has 7 heteroatoms. The highest BCUT2D eigenvalue weighted by Gasteiger charge is 2.17. The molecule has 0 unspecified atom stereocenters. The van der Waals surface area contributed by atoms with Crippen LogP contribution >= 0.6 is 0 Å². The number of carbonyl (C=O) groups is 2. The lowest BCUT2D eigenvalue weighted by molar-refractivity contribution is -0.137. The molecule has 0 bridgehead atoms. The van der Waals surface area contributed by atoms with Crippen molar-refractivity contribution < 1.29 is 23.1 Å². The van der Waals surface area contributed by atoms with E-state index in [2.05, 4.69) is 5.32 Å². The van der Waals surface area contributed by atoms with Gasteiger partial charge in [0.1, 0.15) is 0 Å². The molecule has 0 saturated heterocycles. The topological polar surface area (TPSA) is 101 Å². The minimum absolute atomic E-state index is 0.0586. The molecule has 2 aromatic carbocycles. The fourth-order valence-electron chi connectivity index (χ4n) is 2.41. The maximum absolute atomic E-state index is 12.6. The summed E-state index contributed by atoms with van der Waals surface area (Å²) in [6, 6.07) is 14.8.